The minimum Gasteiger partial charge on any atom is -0.481 e. The Kier molecular flexibility index (Phi) is 5.99. The lowest BCUT2D eigenvalue weighted by Crippen LogP contribution is -2.38. The number of benzene rings is 1. The van der Waals surface area contributed by atoms with Crippen molar-refractivity contribution in [1.82, 2.24) is 5.32 Å². The van der Waals surface area contributed by atoms with E-state index in [1.54, 1.807) is 0 Å². The molecular formula is C18H25NO3. The molecule has 0 radical (unpaired) electrons. The molecule has 2 rings (SSSR count). The molecule has 0 spiro atoms. The Labute approximate surface area is 131 Å². The van der Waals surface area contributed by atoms with Gasteiger partial charge in [-0.05, 0) is 44.1 Å². The lowest BCUT2D eigenvalue weighted by Gasteiger charge is -2.37. The Bertz CT molecular complexity index is 494. The number of hydrogen-bond donors (Lipinski definition) is 2. The van der Waals surface area contributed by atoms with E-state index in [-0.39, 0.29) is 5.91 Å². The standard InChI is InChI=1S/C18H25NO3/c20-16(10-4-9-15-7-2-1-3-8-15)19-14-6-13-18(17(21)22)11-5-12-18/h1-3,7-8H,4-6,9-14H2,(H,19,20)(H,21,22). The Morgan fingerprint density at radius 1 is 1.14 bits per heavy atom. The van der Waals surface area contributed by atoms with Gasteiger partial charge in [0.2, 0.25) is 5.91 Å². The SMILES string of the molecule is O=C(CCCc1ccccc1)NCCCC1(C(=O)O)CCC1. The fraction of sp³-hybridized carbons (Fsp3) is 0.556. The zero-order valence-corrected chi connectivity index (χ0v) is 13.0. The van der Waals surface area contributed by atoms with Crippen molar-refractivity contribution in [2.24, 2.45) is 5.41 Å². The minimum absolute atomic E-state index is 0.0638. The summed E-state index contributed by atoms with van der Waals surface area (Å²) < 4.78 is 0. The lowest BCUT2D eigenvalue weighted by molar-refractivity contribution is -0.155. The Hall–Kier alpha value is -1.84. The first-order chi connectivity index (χ1) is 10.6. The first kappa shape index (κ1) is 16.5. The number of nitrogens with one attached hydrogen (secondary N) is 1. The zero-order chi connectivity index (χ0) is 15.8. The van der Waals surface area contributed by atoms with Crippen molar-refractivity contribution in [3.05, 3.63) is 35.9 Å². The van der Waals surface area contributed by atoms with E-state index in [1.807, 2.05) is 18.2 Å². The van der Waals surface area contributed by atoms with E-state index < -0.39 is 11.4 Å². The van der Waals surface area contributed by atoms with E-state index in [0.29, 0.717) is 19.4 Å². The summed E-state index contributed by atoms with van der Waals surface area (Å²) in [4.78, 5) is 23.0. The molecule has 0 saturated heterocycles. The third-order valence-corrected chi connectivity index (χ3v) is 4.63. The summed E-state index contributed by atoms with van der Waals surface area (Å²) in [7, 11) is 0. The highest BCUT2D eigenvalue weighted by Crippen LogP contribution is 2.44. The van der Waals surface area contributed by atoms with E-state index in [4.69, 9.17) is 0 Å². The van der Waals surface area contributed by atoms with Crippen LogP contribution in [-0.4, -0.2) is 23.5 Å². The van der Waals surface area contributed by atoms with Gasteiger partial charge >= 0.3 is 5.97 Å². The van der Waals surface area contributed by atoms with E-state index in [1.165, 1.54) is 5.56 Å². The molecule has 0 unspecified atom stereocenters. The van der Waals surface area contributed by atoms with Gasteiger partial charge in [0.15, 0.2) is 0 Å². The van der Waals surface area contributed by atoms with Crippen LogP contribution in [0.15, 0.2) is 30.3 Å². The van der Waals surface area contributed by atoms with Crippen molar-refractivity contribution in [2.75, 3.05) is 6.54 Å². The number of aryl methyl sites for hydroxylation is 1. The minimum atomic E-state index is -0.673. The van der Waals surface area contributed by atoms with Crippen molar-refractivity contribution >= 4 is 11.9 Å². The predicted molar refractivity (Wildman–Crippen MR) is 85.5 cm³/mol. The molecule has 4 nitrogen and oxygen atoms in total. The summed E-state index contributed by atoms with van der Waals surface area (Å²) in [6, 6.07) is 10.1. The Morgan fingerprint density at radius 2 is 1.86 bits per heavy atom. The van der Waals surface area contributed by atoms with Gasteiger partial charge in [-0.25, -0.2) is 0 Å². The Balaban J connectivity index is 1.55. The van der Waals surface area contributed by atoms with E-state index in [2.05, 4.69) is 17.4 Å². The van der Waals surface area contributed by atoms with Gasteiger partial charge in [-0.15, -0.1) is 0 Å². The second-order valence-electron chi connectivity index (χ2n) is 6.23. The number of carbonyl (C=O) groups excluding carboxylic acids is 1. The maximum atomic E-state index is 11.7. The van der Waals surface area contributed by atoms with Crippen LogP contribution in [0.2, 0.25) is 0 Å². The van der Waals surface area contributed by atoms with E-state index in [0.717, 1.165) is 38.5 Å². The molecule has 22 heavy (non-hydrogen) atoms. The van der Waals surface area contributed by atoms with Crippen LogP contribution in [0.4, 0.5) is 0 Å². The van der Waals surface area contributed by atoms with Gasteiger partial charge in [0.25, 0.3) is 0 Å². The largest absolute Gasteiger partial charge is 0.481 e. The lowest BCUT2D eigenvalue weighted by atomic mass is 9.66. The summed E-state index contributed by atoms with van der Waals surface area (Å²) in [5.74, 6) is -0.609. The fourth-order valence-corrected chi connectivity index (χ4v) is 3.02. The van der Waals surface area contributed by atoms with Crippen molar-refractivity contribution in [3.63, 3.8) is 0 Å². The number of amides is 1. The average Bonchev–Trinajstić information content (AvgIpc) is 2.46. The molecule has 1 saturated carbocycles. The Morgan fingerprint density at radius 3 is 2.45 bits per heavy atom. The van der Waals surface area contributed by atoms with Crippen LogP contribution in [0.25, 0.3) is 0 Å². The fourth-order valence-electron chi connectivity index (χ4n) is 3.02. The van der Waals surface area contributed by atoms with Crippen LogP contribution in [0.3, 0.4) is 0 Å². The second-order valence-corrected chi connectivity index (χ2v) is 6.23. The van der Waals surface area contributed by atoms with E-state index in [9.17, 15) is 14.7 Å². The van der Waals surface area contributed by atoms with Gasteiger partial charge in [-0.3, -0.25) is 9.59 Å². The summed E-state index contributed by atoms with van der Waals surface area (Å²) >= 11 is 0. The normalized spacial score (nSPS) is 15.8. The zero-order valence-electron chi connectivity index (χ0n) is 13.0. The van der Waals surface area contributed by atoms with Crippen LogP contribution in [0.5, 0.6) is 0 Å². The third kappa shape index (κ3) is 4.58. The van der Waals surface area contributed by atoms with Gasteiger partial charge in [0, 0.05) is 13.0 Å². The number of carboxylic acids is 1. The third-order valence-electron chi connectivity index (χ3n) is 4.63. The highest BCUT2D eigenvalue weighted by Gasteiger charge is 2.43. The molecule has 4 heteroatoms. The number of aliphatic carboxylic acids is 1. The summed E-state index contributed by atoms with van der Waals surface area (Å²) in [6.45, 7) is 0.583. The second kappa shape index (κ2) is 7.97. The highest BCUT2D eigenvalue weighted by atomic mass is 16.4. The van der Waals surface area contributed by atoms with Crippen molar-refractivity contribution in [2.45, 2.75) is 51.4 Å². The molecule has 0 aromatic heterocycles. The predicted octanol–water partition coefficient (Wildman–Crippen LogP) is 3.16. The maximum Gasteiger partial charge on any atom is 0.309 e. The quantitative estimate of drug-likeness (QED) is 0.689. The smallest absolute Gasteiger partial charge is 0.309 e. The molecule has 1 aromatic rings. The van der Waals surface area contributed by atoms with Gasteiger partial charge in [-0.1, -0.05) is 36.8 Å². The molecule has 1 amide bonds. The molecule has 1 aliphatic rings. The summed E-state index contributed by atoms with van der Waals surface area (Å²) in [5.41, 5.74) is 0.751. The van der Waals surface area contributed by atoms with Gasteiger partial charge in [0.1, 0.15) is 0 Å². The van der Waals surface area contributed by atoms with Crippen molar-refractivity contribution < 1.29 is 14.7 Å². The molecule has 0 aliphatic heterocycles. The van der Waals surface area contributed by atoms with Crippen molar-refractivity contribution in [1.29, 1.82) is 0 Å². The molecular weight excluding hydrogens is 278 g/mol. The molecule has 2 N–H and O–H groups in total. The molecule has 1 aliphatic carbocycles. The number of rotatable bonds is 9. The first-order valence-corrected chi connectivity index (χ1v) is 8.16. The van der Waals surface area contributed by atoms with Gasteiger partial charge in [0.05, 0.1) is 5.41 Å². The average molecular weight is 303 g/mol. The molecule has 0 atom stereocenters. The van der Waals surface area contributed by atoms with Crippen LogP contribution in [0, 0.1) is 5.41 Å². The first-order valence-electron chi connectivity index (χ1n) is 8.16. The van der Waals surface area contributed by atoms with Crippen molar-refractivity contribution in [3.8, 4) is 0 Å². The molecule has 1 aromatic carbocycles. The molecule has 120 valence electrons. The summed E-state index contributed by atoms with van der Waals surface area (Å²) in [6.07, 6.45) is 6.28. The monoisotopic (exact) mass is 303 g/mol. The molecule has 0 bridgehead atoms. The molecule has 1 fully saturated rings. The van der Waals surface area contributed by atoms with Crippen LogP contribution < -0.4 is 5.32 Å². The summed E-state index contributed by atoms with van der Waals surface area (Å²) in [5, 5.41) is 12.1. The number of carbonyl (C=O) groups is 2. The topological polar surface area (TPSA) is 66.4 Å². The van der Waals surface area contributed by atoms with Crippen LogP contribution >= 0.6 is 0 Å². The van der Waals surface area contributed by atoms with Crippen LogP contribution in [0.1, 0.15) is 50.5 Å². The number of hydrogen-bond acceptors (Lipinski definition) is 2. The number of carboxylic acid groups (broad SMARTS) is 1. The highest BCUT2D eigenvalue weighted by molar-refractivity contribution is 5.76. The van der Waals surface area contributed by atoms with Crippen LogP contribution in [-0.2, 0) is 16.0 Å². The maximum absolute atomic E-state index is 11.7. The molecule has 0 heterocycles. The van der Waals surface area contributed by atoms with Gasteiger partial charge < -0.3 is 10.4 Å². The van der Waals surface area contributed by atoms with E-state index >= 15 is 0 Å². The van der Waals surface area contributed by atoms with Gasteiger partial charge in [-0.2, -0.15) is 0 Å².